The van der Waals surface area contributed by atoms with Crippen molar-refractivity contribution in [2.24, 2.45) is 5.92 Å². The van der Waals surface area contributed by atoms with Gasteiger partial charge < -0.3 is 20.3 Å². The van der Waals surface area contributed by atoms with E-state index in [1.54, 1.807) is 7.11 Å². The van der Waals surface area contributed by atoms with Gasteiger partial charge in [-0.2, -0.15) is 0 Å². The molecule has 0 spiro atoms. The molecule has 0 radical (unpaired) electrons. The molecule has 1 aliphatic carbocycles. The fraction of sp³-hybridized carbons (Fsp3) is 0.462. The minimum absolute atomic E-state index is 0.0807. The molecule has 0 aromatic heterocycles. The number of carbonyl (C=O) groups is 2. The van der Waals surface area contributed by atoms with Gasteiger partial charge in [0.1, 0.15) is 5.75 Å². The lowest BCUT2D eigenvalue weighted by Gasteiger charge is -2.26. The van der Waals surface area contributed by atoms with Crippen LogP contribution in [0.1, 0.15) is 67.4 Å². The number of carbonyl (C=O) groups excluding carboxylic acids is 2. The molecule has 32 heavy (non-hydrogen) atoms. The molecular weight excluding hydrogens is 402 g/mol. The number of benzene rings is 2. The second-order valence-electron chi connectivity index (χ2n) is 8.87. The molecule has 1 saturated heterocycles. The molecule has 2 N–H and O–H groups in total. The Balaban J connectivity index is 1.55. The maximum atomic E-state index is 13.3. The fourth-order valence-corrected chi connectivity index (χ4v) is 4.21. The van der Waals surface area contributed by atoms with Gasteiger partial charge in [-0.1, -0.05) is 25.0 Å². The van der Waals surface area contributed by atoms with Crippen molar-refractivity contribution in [1.29, 1.82) is 0 Å². The van der Waals surface area contributed by atoms with E-state index >= 15 is 0 Å². The standard InChI is InChI=1S/C26H33N3O3/c1-18(19-9-12-22(32-2)13-10-19)27-26(31)23-14-11-21(28-25(30)20-7-8-20)17-24(23)29-15-5-3-4-6-16-29/h9-14,17-18,20H,3-8,15-16H2,1-2H3,(H,27,31)(H,28,30)/t18-/m1/s1. The smallest absolute Gasteiger partial charge is 0.253 e. The summed E-state index contributed by atoms with van der Waals surface area (Å²) in [5, 5.41) is 6.17. The largest absolute Gasteiger partial charge is 0.497 e. The maximum Gasteiger partial charge on any atom is 0.253 e. The molecule has 0 bridgehead atoms. The predicted octanol–water partition coefficient (Wildman–Crippen LogP) is 4.92. The number of nitrogens with zero attached hydrogens (tertiary/aromatic N) is 1. The van der Waals surface area contributed by atoms with Crippen molar-refractivity contribution in [3.63, 3.8) is 0 Å². The molecule has 2 fully saturated rings. The number of hydrogen-bond acceptors (Lipinski definition) is 4. The lowest BCUT2D eigenvalue weighted by Crippen LogP contribution is -2.31. The molecule has 1 saturated carbocycles. The van der Waals surface area contributed by atoms with Crippen LogP contribution in [0, 0.1) is 5.92 Å². The van der Waals surface area contributed by atoms with Crippen molar-refractivity contribution in [2.45, 2.75) is 51.5 Å². The second kappa shape index (κ2) is 10.1. The average molecular weight is 436 g/mol. The molecule has 2 amide bonds. The Morgan fingerprint density at radius 3 is 2.31 bits per heavy atom. The van der Waals surface area contributed by atoms with E-state index in [4.69, 9.17) is 4.74 Å². The van der Waals surface area contributed by atoms with Crippen molar-refractivity contribution >= 4 is 23.2 Å². The average Bonchev–Trinajstić information content (AvgIpc) is 3.66. The lowest BCUT2D eigenvalue weighted by atomic mass is 10.1. The van der Waals surface area contributed by atoms with Crippen LogP contribution >= 0.6 is 0 Å². The Labute approximate surface area is 190 Å². The number of rotatable bonds is 7. The van der Waals surface area contributed by atoms with Gasteiger partial charge in [0.15, 0.2) is 0 Å². The van der Waals surface area contributed by atoms with Crippen molar-refractivity contribution in [3.8, 4) is 5.75 Å². The van der Waals surface area contributed by atoms with Gasteiger partial charge in [0.2, 0.25) is 5.91 Å². The van der Waals surface area contributed by atoms with E-state index in [0.29, 0.717) is 5.56 Å². The van der Waals surface area contributed by atoms with Crippen molar-refractivity contribution in [1.82, 2.24) is 5.32 Å². The normalized spacial score (nSPS) is 17.2. The molecule has 1 aliphatic heterocycles. The van der Waals surface area contributed by atoms with Crippen LogP contribution in [-0.2, 0) is 4.79 Å². The Bertz CT molecular complexity index is 945. The van der Waals surface area contributed by atoms with Gasteiger partial charge in [-0.15, -0.1) is 0 Å². The van der Waals surface area contributed by atoms with Crippen LogP contribution in [-0.4, -0.2) is 32.0 Å². The molecule has 1 heterocycles. The summed E-state index contributed by atoms with van der Waals surface area (Å²) >= 11 is 0. The van der Waals surface area contributed by atoms with E-state index in [-0.39, 0.29) is 23.8 Å². The zero-order valence-electron chi connectivity index (χ0n) is 19.0. The van der Waals surface area contributed by atoms with Gasteiger partial charge in [-0.25, -0.2) is 0 Å². The number of anilines is 2. The lowest BCUT2D eigenvalue weighted by molar-refractivity contribution is -0.117. The van der Waals surface area contributed by atoms with Gasteiger partial charge in [-0.05, 0) is 68.5 Å². The second-order valence-corrected chi connectivity index (χ2v) is 8.87. The third kappa shape index (κ3) is 5.42. The molecule has 6 nitrogen and oxygen atoms in total. The molecule has 170 valence electrons. The van der Waals surface area contributed by atoms with E-state index in [1.807, 2.05) is 49.4 Å². The highest BCUT2D eigenvalue weighted by atomic mass is 16.5. The molecule has 2 aliphatic rings. The summed E-state index contributed by atoms with van der Waals surface area (Å²) in [4.78, 5) is 27.9. The van der Waals surface area contributed by atoms with Gasteiger partial charge in [0.25, 0.3) is 5.91 Å². The maximum absolute atomic E-state index is 13.3. The van der Waals surface area contributed by atoms with E-state index in [9.17, 15) is 9.59 Å². The summed E-state index contributed by atoms with van der Waals surface area (Å²) in [6, 6.07) is 13.3. The summed E-state index contributed by atoms with van der Waals surface area (Å²) < 4.78 is 5.23. The summed E-state index contributed by atoms with van der Waals surface area (Å²) in [6.07, 6.45) is 6.59. The zero-order valence-corrected chi connectivity index (χ0v) is 19.0. The van der Waals surface area contributed by atoms with Crippen molar-refractivity contribution in [3.05, 3.63) is 53.6 Å². The Morgan fingerprint density at radius 1 is 1.00 bits per heavy atom. The van der Waals surface area contributed by atoms with Gasteiger partial charge in [0.05, 0.1) is 24.4 Å². The van der Waals surface area contributed by atoms with E-state index < -0.39 is 0 Å². The number of ether oxygens (including phenoxy) is 1. The van der Waals surface area contributed by atoms with Crippen LogP contribution in [0.15, 0.2) is 42.5 Å². The quantitative estimate of drug-likeness (QED) is 0.648. The first-order valence-electron chi connectivity index (χ1n) is 11.7. The van der Waals surface area contributed by atoms with Crippen LogP contribution in [0.3, 0.4) is 0 Å². The van der Waals surface area contributed by atoms with Crippen molar-refractivity contribution < 1.29 is 14.3 Å². The third-order valence-electron chi connectivity index (χ3n) is 6.37. The predicted molar refractivity (Wildman–Crippen MR) is 127 cm³/mol. The number of methoxy groups -OCH3 is 1. The molecule has 4 rings (SSSR count). The van der Waals surface area contributed by atoms with E-state index in [0.717, 1.165) is 61.5 Å². The first kappa shape index (κ1) is 22.2. The first-order chi connectivity index (χ1) is 15.5. The van der Waals surface area contributed by atoms with Crippen LogP contribution < -0.4 is 20.3 Å². The number of nitrogens with one attached hydrogen (secondary N) is 2. The molecule has 2 aromatic carbocycles. The van der Waals surface area contributed by atoms with Crippen molar-refractivity contribution in [2.75, 3.05) is 30.4 Å². The summed E-state index contributed by atoms with van der Waals surface area (Å²) in [5.74, 6) is 0.911. The zero-order chi connectivity index (χ0) is 22.5. The van der Waals surface area contributed by atoms with Crippen LogP contribution in [0.2, 0.25) is 0 Å². The monoisotopic (exact) mass is 435 g/mol. The topological polar surface area (TPSA) is 70.7 Å². The number of hydrogen-bond donors (Lipinski definition) is 2. The van der Waals surface area contributed by atoms with E-state index in [2.05, 4.69) is 15.5 Å². The Hall–Kier alpha value is -3.02. The number of amides is 2. The third-order valence-corrected chi connectivity index (χ3v) is 6.37. The van der Waals surface area contributed by atoms with Gasteiger partial charge >= 0.3 is 0 Å². The highest BCUT2D eigenvalue weighted by Gasteiger charge is 2.30. The van der Waals surface area contributed by atoms with E-state index in [1.165, 1.54) is 12.8 Å². The van der Waals surface area contributed by atoms with Gasteiger partial charge in [-0.3, -0.25) is 9.59 Å². The molecule has 6 heteroatoms. The highest BCUT2D eigenvalue weighted by Crippen LogP contribution is 2.32. The van der Waals surface area contributed by atoms with Gasteiger partial charge in [0, 0.05) is 24.7 Å². The Morgan fingerprint density at radius 2 is 1.69 bits per heavy atom. The molecule has 0 unspecified atom stereocenters. The summed E-state index contributed by atoms with van der Waals surface area (Å²) in [6.45, 7) is 3.83. The van der Waals surface area contributed by atoms with Crippen LogP contribution in [0.4, 0.5) is 11.4 Å². The molecular formula is C26H33N3O3. The molecule has 2 aromatic rings. The SMILES string of the molecule is COc1ccc([C@@H](C)NC(=O)c2ccc(NC(=O)C3CC3)cc2N2CCCCCC2)cc1. The Kier molecular flexibility index (Phi) is 6.98. The first-order valence-corrected chi connectivity index (χ1v) is 11.7. The molecule has 1 atom stereocenters. The van der Waals surface area contributed by atoms with Crippen LogP contribution in [0.5, 0.6) is 5.75 Å². The fourth-order valence-electron chi connectivity index (χ4n) is 4.21. The summed E-state index contributed by atoms with van der Waals surface area (Å²) in [7, 11) is 1.64. The highest BCUT2D eigenvalue weighted by molar-refractivity contribution is 6.02. The minimum Gasteiger partial charge on any atom is -0.497 e. The summed E-state index contributed by atoms with van der Waals surface area (Å²) in [5.41, 5.74) is 3.33. The van der Waals surface area contributed by atoms with Crippen LogP contribution in [0.25, 0.3) is 0 Å². The minimum atomic E-state index is -0.139.